The molecule has 22 heavy (non-hydrogen) atoms. The highest BCUT2D eigenvalue weighted by Crippen LogP contribution is 2.19. The van der Waals surface area contributed by atoms with Crippen molar-refractivity contribution in [2.45, 2.75) is 92.4 Å². The Hall–Kier alpha value is -0.980. The van der Waals surface area contributed by atoms with E-state index in [1.54, 1.807) is 0 Å². The summed E-state index contributed by atoms with van der Waals surface area (Å²) >= 11 is 0. The van der Waals surface area contributed by atoms with Gasteiger partial charge < -0.3 is 5.32 Å². The maximum atomic E-state index is 4.11. The highest BCUT2D eigenvalue weighted by molar-refractivity contribution is 5.36. The molecule has 0 bridgehead atoms. The van der Waals surface area contributed by atoms with Crippen molar-refractivity contribution in [2.75, 3.05) is 6.54 Å². The van der Waals surface area contributed by atoms with E-state index < -0.39 is 0 Å². The lowest BCUT2D eigenvalue weighted by atomic mass is 10.00. The van der Waals surface area contributed by atoms with Gasteiger partial charge >= 0.3 is 0 Å². The van der Waals surface area contributed by atoms with Gasteiger partial charge in [0, 0.05) is 12.2 Å². The quantitative estimate of drug-likeness (QED) is 0.281. The maximum Gasteiger partial charge on any atom is 0.0369 e. The minimum Gasteiger partial charge on any atom is -0.385 e. The molecule has 1 heteroatoms. The Kier molecular flexibility index (Phi) is 19.1. The van der Waals surface area contributed by atoms with E-state index in [0.717, 1.165) is 13.0 Å². The summed E-state index contributed by atoms with van der Waals surface area (Å²) in [5, 5.41) is 3.55. The van der Waals surface area contributed by atoms with Crippen molar-refractivity contribution in [3.8, 4) is 0 Å². The molecule has 0 fully saturated rings. The van der Waals surface area contributed by atoms with E-state index in [-0.39, 0.29) is 0 Å². The third-order valence-corrected chi connectivity index (χ3v) is 3.67. The van der Waals surface area contributed by atoms with E-state index in [1.165, 1.54) is 68.2 Å². The van der Waals surface area contributed by atoms with Crippen LogP contribution < -0.4 is 5.32 Å². The second kappa shape index (κ2) is 18.1. The first kappa shape index (κ1) is 23.3. The number of hydrogen-bond donors (Lipinski definition) is 1. The lowest BCUT2D eigenvalue weighted by Gasteiger charge is -2.15. The Labute approximate surface area is 141 Å². The molecule has 0 aromatic heterocycles. The number of rotatable bonds is 13. The summed E-state index contributed by atoms with van der Waals surface area (Å²) in [6.07, 6.45) is 13.5. The second-order valence-corrected chi connectivity index (χ2v) is 5.67. The van der Waals surface area contributed by atoms with Crippen LogP contribution in [-0.4, -0.2) is 6.54 Å². The van der Waals surface area contributed by atoms with E-state index >= 15 is 0 Å². The molecule has 0 aliphatic heterocycles. The standard InChI is InChI=1S/C19H35N.C2H6/c1-6-9-11-12-13-14-16-20-19(8-3)18(17(4)5)15-10-7-2;1-2/h8,20H,3-4,6-7,9-16H2,1-2,5H3;1-2H3/b19-18-;. The highest BCUT2D eigenvalue weighted by atomic mass is 14.9. The molecule has 0 aliphatic carbocycles. The summed E-state index contributed by atoms with van der Waals surface area (Å²) in [6.45, 7) is 19.7. The summed E-state index contributed by atoms with van der Waals surface area (Å²) in [5.74, 6) is 0. The number of unbranched alkanes of at least 4 members (excludes halogenated alkanes) is 6. The van der Waals surface area contributed by atoms with Gasteiger partial charge in [0.25, 0.3) is 0 Å². The van der Waals surface area contributed by atoms with Crippen molar-refractivity contribution in [3.63, 3.8) is 0 Å². The first-order valence-corrected chi connectivity index (χ1v) is 9.42. The van der Waals surface area contributed by atoms with Gasteiger partial charge in [0.05, 0.1) is 0 Å². The molecule has 0 heterocycles. The number of hydrogen-bond acceptors (Lipinski definition) is 1. The predicted molar refractivity (Wildman–Crippen MR) is 104 cm³/mol. The molecule has 130 valence electrons. The fourth-order valence-electron chi connectivity index (χ4n) is 2.36. The summed E-state index contributed by atoms with van der Waals surface area (Å²) in [4.78, 5) is 0. The van der Waals surface area contributed by atoms with Gasteiger partial charge in [-0.05, 0) is 37.8 Å². The summed E-state index contributed by atoms with van der Waals surface area (Å²) in [5.41, 5.74) is 3.72. The van der Waals surface area contributed by atoms with E-state index in [9.17, 15) is 0 Å². The van der Waals surface area contributed by atoms with Gasteiger partial charge in [-0.2, -0.15) is 0 Å². The van der Waals surface area contributed by atoms with Crippen LogP contribution in [0.4, 0.5) is 0 Å². The van der Waals surface area contributed by atoms with Crippen molar-refractivity contribution >= 4 is 0 Å². The zero-order valence-corrected chi connectivity index (χ0v) is 16.1. The van der Waals surface area contributed by atoms with Gasteiger partial charge in [0.15, 0.2) is 0 Å². The molecular weight excluding hydrogens is 266 g/mol. The van der Waals surface area contributed by atoms with Crippen molar-refractivity contribution in [3.05, 3.63) is 36.1 Å². The normalized spacial score (nSPS) is 11.1. The molecule has 0 saturated heterocycles. The Morgan fingerprint density at radius 3 is 1.95 bits per heavy atom. The Balaban J connectivity index is 0. The molecule has 0 saturated carbocycles. The van der Waals surface area contributed by atoms with Crippen LogP contribution in [0.5, 0.6) is 0 Å². The zero-order valence-electron chi connectivity index (χ0n) is 16.1. The highest BCUT2D eigenvalue weighted by Gasteiger charge is 2.04. The molecule has 0 aliphatic rings. The van der Waals surface area contributed by atoms with Crippen LogP contribution in [0.15, 0.2) is 36.1 Å². The first-order valence-electron chi connectivity index (χ1n) is 9.42. The summed E-state index contributed by atoms with van der Waals surface area (Å²) in [6, 6.07) is 0. The fraction of sp³-hybridized carbons (Fsp3) is 0.714. The average Bonchev–Trinajstić information content (AvgIpc) is 2.53. The van der Waals surface area contributed by atoms with Gasteiger partial charge in [-0.15, -0.1) is 0 Å². The van der Waals surface area contributed by atoms with Gasteiger partial charge in [-0.25, -0.2) is 0 Å². The topological polar surface area (TPSA) is 12.0 Å². The van der Waals surface area contributed by atoms with Gasteiger partial charge in [0.1, 0.15) is 0 Å². The Morgan fingerprint density at radius 2 is 1.45 bits per heavy atom. The monoisotopic (exact) mass is 307 g/mol. The van der Waals surface area contributed by atoms with Crippen LogP contribution in [0.25, 0.3) is 0 Å². The van der Waals surface area contributed by atoms with Crippen molar-refractivity contribution in [1.82, 2.24) is 5.32 Å². The van der Waals surface area contributed by atoms with Crippen molar-refractivity contribution in [2.24, 2.45) is 0 Å². The van der Waals surface area contributed by atoms with Crippen LogP contribution in [-0.2, 0) is 0 Å². The molecule has 1 N–H and O–H groups in total. The predicted octanol–water partition coefficient (Wildman–Crippen LogP) is 7.17. The van der Waals surface area contributed by atoms with E-state index in [4.69, 9.17) is 0 Å². The van der Waals surface area contributed by atoms with Gasteiger partial charge in [-0.1, -0.05) is 85.0 Å². The molecule has 0 atom stereocenters. The molecule has 0 rings (SSSR count). The summed E-state index contributed by atoms with van der Waals surface area (Å²) in [7, 11) is 0. The molecule has 0 aromatic rings. The Morgan fingerprint density at radius 1 is 0.909 bits per heavy atom. The van der Waals surface area contributed by atoms with Crippen LogP contribution in [0.1, 0.15) is 92.4 Å². The Bertz CT molecular complexity index is 299. The van der Waals surface area contributed by atoms with Crippen molar-refractivity contribution in [1.29, 1.82) is 0 Å². The van der Waals surface area contributed by atoms with E-state index in [0.29, 0.717) is 0 Å². The van der Waals surface area contributed by atoms with Gasteiger partial charge in [0.2, 0.25) is 0 Å². The second-order valence-electron chi connectivity index (χ2n) is 5.67. The van der Waals surface area contributed by atoms with Crippen LogP contribution in [0.3, 0.4) is 0 Å². The third kappa shape index (κ3) is 12.7. The molecular formula is C21H41N. The van der Waals surface area contributed by atoms with E-state index in [2.05, 4.69) is 39.2 Å². The van der Waals surface area contributed by atoms with Crippen molar-refractivity contribution < 1.29 is 0 Å². The lowest BCUT2D eigenvalue weighted by molar-refractivity contribution is 0.593. The number of allylic oxidation sites excluding steroid dienone is 3. The molecule has 1 nitrogen and oxygen atoms in total. The molecule has 0 unspecified atom stereocenters. The fourth-order valence-corrected chi connectivity index (χ4v) is 2.36. The molecule has 0 amide bonds. The zero-order chi connectivity index (χ0) is 17.2. The molecule has 0 spiro atoms. The lowest BCUT2D eigenvalue weighted by Crippen LogP contribution is -2.16. The number of nitrogens with one attached hydrogen (secondary N) is 1. The SMILES string of the molecule is C=C/C(NCCCCCCCC)=C(\CCCC)C(=C)C.CC. The first-order chi connectivity index (χ1) is 10.7. The third-order valence-electron chi connectivity index (χ3n) is 3.67. The summed E-state index contributed by atoms with van der Waals surface area (Å²) < 4.78 is 0. The largest absolute Gasteiger partial charge is 0.385 e. The van der Waals surface area contributed by atoms with E-state index in [1.807, 2.05) is 19.9 Å². The van der Waals surface area contributed by atoms with Crippen LogP contribution in [0, 0.1) is 0 Å². The average molecular weight is 308 g/mol. The molecule has 0 aromatic carbocycles. The molecule has 0 radical (unpaired) electrons. The van der Waals surface area contributed by atoms with Crippen LogP contribution in [0.2, 0.25) is 0 Å². The minimum absolute atomic E-state index is 1.05. The minimum atomic E-state index is 1.05. The van der Waals surface area contributed by atoms with Crippen LogP contribution >= 0.6 is 0 Å². The maximum absolute atomic E-state index is 4.11. The van der Waals surface area contributed by atoms with Gasteiger partial charge in [-0.3, -0.25) is 0 Å². The smallest absolute Gasteiger partial charge is 0.0369 e.